The zero-order valence-corrected chi connectivity index (χ0v) is 11.5. The number of hydrogen-bond donors (Lipinski definition) is 1. The fourth-order valence-electron chi connectivity index (χ4n) is 1.53. The Morgan fingerprint density at radius 1 is 1.33 bits per heavy atom. The molecular weight excluding hydrogens is 296 g/mol. The van der Waals surface area contributed by atoms with Crippen LogP contribution in [0.5, 0.6) is 11.5 Å². The van der Waals surface area contributed by atoms with E-state index in [9.17, 15) is 0 Å². The highest BCUT2D eigenvalue weighted by Gasteiger charge is 2.08. The lowest BCUT2D eigenvalue weighted by atomic mass is 10.2. The molecule has 0 radical (unpaired) electrons. The summed E-state index contributed by atoms with van der Waals surface area (Å²) in [7, 11) is 1.61. The Hall–Kier alpha value is -1.75. The van der Waals surface area contributed by atoms with Crippen molar-refractivity contribution in [2.45, 2.75) is 6.61 Å². The maximum atomic E-state index is 5.74. The van der Waals surface area contributed by atoms with Crippen LogP contribution in [0.25, 0.3) is 0 Å². The Morgan fingerprint density at radius 3 is 2.89 bits per heavy atom. The summed E-state index contributed by atoms with van der Waals surface area (Å²) in [6, 6.07) is 9.28. The molecule has 1 heterocycles. The van der Waals surface area contributed by atoms with Crippen LogP contribution in [0.15, 0.2) is 41.0 Å². The van der Waals surface area contributed by atoms with E-state index in [1.54, 1.807) is 19.4 Å². The van der Waals surface area contributed by atoms with E-state index in [-0.39, 0.29) is 0 Å². The largest absolute Gasteiger partial charge is 0.493 e. The zero-order chi connectivity index (χ0) is 13.0. The van der Waals surface area contributed by atoms with Crippen molar-refractivity contribution < 1.29 is 9.47 Å². The summed E-state index contributed by atoms with van der Waals surface area (Å²) < 4.78 is 11.8. The number of benzene rings is 1. The number of pyridine rings is 1. The monoisotopic (exact) mass is 308 g/mol. The van der Waals surface area contributed by atoms with Gasteiger partial charge in [0.2, 0.25) is 0 Å². The van der Waals surface area contributed by atoms with Gasteiger partial charge in [-0.3, -0.25) is 0 Å². The molecule has 0 aliphatic heterocycles. The molecule has 0 aliphatic rings. The third-order valence-electron chi connectivity index (χ3n) is 2.38. The van der Waals surface area contributed by atoms with E-state index in [2.05, 4.69) is 20.9 Å². The number of nitrogen functional groups attached to an aromatic ring is 1. The summed E-state index contributed by atoms with van der Waals surface area (Å²) in [5.41, 5.74) is 6.57. The molecule has 2 N–H and O–H groups in total. The number of anilines is 1. The van der Waals surface area contributed by atoms with Crippen molar-refractivity contribution in [2.75, 3.05) is 12.8 Å². The van der Waals surface area contributed by atoms with Gasteiger partial charge in [0.05, 0.1) is 11.6 Å². The molecule has 2 aromatic rings. The van der Waals surface area contributed by atoms with Gasteiger partial charge in [-0.2, -0.15) is 0 Å². The van der Waals surface area contributed by atoms with E-state index < -0.39 is 0 Å². The van der Waals surface area contributed by atoms with Crippen LogP contribution in [0.1, 0.15) is 5.56 Å². The fraction of sp³-hybridized carbons (Fsp3) is 0.154. The number of halogens is 1. The first kappa shape index (κ1) is 12.7. The number of aromatic nitrogens is 1. The van der Waals surface area contributed by atoms with Crippen LogP contribution in [0.3, 0.4) is 0 Å². The molecule has 0 saturated heterocycles. The van der Waals surface area contributed by atoms with Crippen molar-refractivity contribution >= 4 is 21.7 Å². The third-order valence-corrected chi connectivity index (χ3v) is 3.00. The van der Waals surface area contributed by atoms with Gasteiger partial charge in [0, 0.05) is 6.20 Å². The molecule has 0 unspecified atom stereocenters. The third kappa shape index (κ3) is 2.92. The highest BCUT2D eigenvalue weighted by Crippen LogP contribution is 2.35. The smallest absolute Gasteiger partial charge is 0.175 e. The summed E-state index contributed by atoms with van der Waals surface area (Å²) >= 11 is 3.43. The van der Waals surface area contributed by atoms with Crippen LogP contribution < -0.4 is 15.2 Å². The van der Waals surface area contributed by atoms with Gasteiger partial charge in [-0.25, -0.2) is 4.98 Å². The summed E-state index contributed by atoms with van der Waals surface area (Å²) in [5, 5.41) is 0. The minimum absolute atomic E-state index is 0.408. The second-order valence-electron chi connectivity index (χ2n) is 3.65. The molecule has 0 spiro atoms. The maximum absolute atomic E-state index is 5.74. The van der Waals surface area contributed by atoms with Gasteiger partial charge < -0.3 is 15.2 Å². The topological polar surface area (TPSA) is 57.4 Å². The minimum Gasteiger partial charge on any atom is -0.493 e. The molecule has 1 aromatic carbocycles. The zero-order valence-electron chi connectivity index (χ0n) is 9.89. The quantitative estimate of drug-likeness (QED) is 0.943. The van der Waals surface area contributed by atoms with Crippen molar-refractivity contribution in [2.24, 2.45) is 0 Å². The SMILES string of the molecule is COc1cccc(Br)c1OCc1ccnc(N)c1. The molecule has 1 aromatic heterocycles. The predicted octanol–water partition coefficient (Wildman–Crippen LogP) is 3.01. The Labute approximate surface area is 114 Å². The van der Waals surface area contributed by atoms with E-state index in [0.29, 0.717) is 23.9 Å². The lowest BCUT2D eigenvalue weighted by Crippen LogP contribution is -2.00. The van der Waals surface area contributed by atoms with Crippen molar-refractivity contribution in [1.29, 1.82) is 0 Å². The average Bonchev–Trinajstić information content (AvgIpc) is 2.37. The van der Waals surface area contributed by atoms with Crippen molar-refractivity contribution in [3.8, 4) is 11.5 Å². The molecule has 94 valence electrons. The molecule has 0 saturated carbocycles. The molecule has 0 bridgehead atoms. The Bertz CT molecular complexity index is 546. The normalized spacial score (nSPS) is 10.1. The maximum Gasteiger partial charge on any atom is 0.175 e. The van der Waals surface area contributed by atoms with E-state index in [0.717, 1.165) is 10.0 Å². The molecular formula is C13H13BrN2O2. The highest BCUT2D eigenvalue weighted by molar-refractivity contribution is 9.10. The molecule has 0 aliphatic carbocycles. The number of methoxy groups -OCH3 is 1. The summed E-state index contributed by atoms with van der Waals surface area (Å²) in [6.07, 6.45) is 1.66. The Kier molecular flexibility index (Phi) is 4.04. The molecule has 5 heteroatoms. The second-order valence-corrected chi connectivity index (χ2v) is 4.50. The first-order chi connectivity index (χ1) is 8.70. The van der Waals surface area contributed by atoms with Gasteiger partial charge in [0.1, 0.15) is 12.4 Å². The first-order valence-corrected chi connectivity index (χ1v) is 6.15. The molecule has 18 heavy (non-hydrogen) atoms. The lowest BCUT2D eigenvalue weighted by Gasteiger charge is -2.12. The lowest BCUT2D eigenvalue weighted by molar-refractivity contribution is 0.282. The summed E-state index contributed by atoms with van der Waals surface area (Å²) in [5.74, 6) is 1.84. The summed E-state index contributed by atoms with van der Waals surface area (Å²) in [4.78, 5) is 3.93. The van der Waals surface area contributed by atoms with Crippen LogP contribution in [0.2, 0.25) is 0 Å². The Balaban J connectivity index is 2.15. The fourth-order valence-corrected chi connectivity index (χ4v) is 1.99. The van der Waals surface area contributed by atoms with E-state index in [1.807, 2.05) is 24.3 Å². The van der Waals surface area contributed by atoms with Gasteiger partial charge in [0.15, 0.2) is 11.5 Å². The molecule has 0 atom stereocenters. The van der Waals surface area contributed by atoms with Crippen LogP contribution >= 0.6 is 15.9 Å². The van der Waals surface area contributed by atoms with Gasteiger partial charge in [-0.1, -0.05) is 6.07 Å². The number of nitrogens with two attached hydrogens (primary N) is 1. The standard InChI is InChI=1S/C13H13BrN2O2/c1-17-11-4-2-3-10(14)13(11)18-8-9-5-6-16-12(15)7-9/h2-7H,8H2,1H3,(H2,15,16). The molecule has 0 fully saturated rings. The van der Waals surface area contributed by atoms with Gasteiger partial charge in [-0.05, 0) is 45.8 Å². The van der Waals surface area contributed by atoms with Crippen molar-refractivity contribution in [1.82, 2.24) is 4.98 Å². The van der Waals surface area contributed by atoms with Crippen LogP contribution in [0.4, 0.5) is 5.82 Å². The number of hydrogen-bond acceptors (Lipinski definition) is 4. The van der Waals surface area contributed by atoms with Gasteiger partial charge >= 0.3 is 0 Å². The number of rotatable bonds is 4. The van der Waals surface area contributed by atoms with Crippen molar-refractivity contribution in [3.05, 3.63) is 46.6 Å². The van der Waals surface area contributed by atoms with Crippen LogP contribution in [-0.2, 0) is 6.61 Å². The number of para-hydroxylation sites is 1. The second kappa shape index (κ2) is 5.73. The molecule has 2 rings (SSSR count). The van der Waals surface area contributed by atoms with Gasteiger partial charge in [0.25, 0.3) is 0 Å². The van der Waals surface area contributed by atoms with E-state index in [1.165, 1.54) is 0 Å². The summed E-state index contributed by atoms with van der Waals surface area (Å²) in [6.45, 7) is 0.408. The average molecular weight is 309 g/mol. The predicted molar refractivity (Wildman–Crippen MR) is 73.7 cm³/mol. The number of nitrogens with zero attached hydrogens (tertiary/aromatic N) is 1. The Morgan fingerprint density at radius 2 is 2.17 bits per heavy atom. The molecule has 0 amide bonds. The van der Waals surface area contributed by atoms with E-state index in [4.69, 9.17) is 15.2 Å². The highest BCUT2D eigenvalue weighted by atomic mass is 79.9. The first-order valence-electron chi connectivity index (χ1n) is 5.36. The molecule has 4 nitrogen and oxygen atoms in total. The van der Waals surface area contributed by atoms with Crippen LogP contribution in [0, 0.1) is 0 Å². The minimum atomic E-state index is 0.408. The number of ether oxygens (including phenoxy) is 2. The van der Waals surface area contributed by atoms with Crippen LogP contribution in [-0.4, -0.2) is 12.1 Å². The van der Waals surface area contributed by atoms with E-state index >= 15 is 0 Å². The van der Waals surface area contributed by atoms with Gasteiger partial charge in [-0.15, -0.1) is 0 Å². The van der Waals surface area contributed by atoms with Crippen molar-refractivity contribution in [3.63, 3.8) is 0 Å².